The van der Waals surface area contributed by atoms with E-state index in [1.165, 1.54) is 6.07 Å². The van der Waals surface area contributed by atoms with Gasteiger partial charge in [-0.05, 0) is 35.9 Å². The molecule has 6 heteroatoms. The molecule has 0 aliphatic carbocycles. The van der Waals surface area contributed by atoms with Crippen LogP contribution in [0.2, 0.25) is 0 Å². The maximum absolute atomic E-state index is 13.2. The van der Waals surface area contributed by atoms with Crippen molar-refractivity contribution in [1.29, 1.82) is 0 Å². The summed E-state index contributed by atoms with van der Waals surface area (Å²) in [6.07, 6.45) is -0.141. The highest BCUT2D eigenvalue weighted by Crippen LogP contribution is 2.18. The fourth-order valence-corrected chi connectivity index (χ4v) is 1.97. The van der Waals surface area contributed by atoms with Gasteiger partial charge in [-0.3, -0.25) is 4.79 Å². The summed E-state index contributed by atoms with van der Waals surface area (Å²) in [5.74, 6) is -2.30. The lowest BCUT2D eigenvalue weighted by atomic mass is 10.1. The quantitative estimate of drug-likeness (QED) is 0.857. The zero-order valence-electron chi connectivity index (χ0n) is 11.5. The first-order valence-corrected chi connectivity index (χ1v) is 6.41. The van der Waals surface area contributed by atoms with E-state index >= 15 is 0 Å². The largest absolute Gasteiger partial charge is 0.489 e. The molecule has 0 heterocycles. The van der Waals surface area contributed by atoms with E-state index in [4.69, 9.17) is 14.9 Å². The number of carboxylic acid groups (broad SMARTS) is 2. The molecule has 0 saturated carbocycles. The van der Waals surface area contributed by atoms with E-state index in [2.05, 4.69) is 0 Å². The first kappa shape index (κ1) is 15.5. The van der Waals surface area contributed by atoms with Gasteiger partial charge in [0.1, 0.15) is 18.2 Å². The number of rotatable bonds is 6. The first-order chi connectivity index (χ1) is 10.5. The zero-order chi connectivity index (χ0) is 16.1. The molecule has 2 aromatic rings. The van der Waals surface area contributed by atoms with E-state index in [0.717, 1.165) is 12.1 Å². The van der Waals surface area contributed by atoms with Gasteiger partial charge in [-0.1, -0.05) is 12.1 Å². The van der Waals surface area contributed by atoms with Crippen molar-refractivity contribution in [2.75, 3.05) is 0 Å². The predicted molar refractivity (Wildman–Crippen MR) is 75.5 cm³/mol. The van der Waals surface area contributed by atoms with Gasteiger partial charge in [0.2, 0.25) is 0 Å². The Kier molecular flexibility index (Phi) is 4.73. The number of carbonyl (C=O) groups is 2. The number of aliphatic carboxylic acids is 1. The van der Waals surface area contributed by atoms with Crippen LogP contribution < -0.4 is 4.74 Å². The molecule has 5 nitrogen and oxygen atoms in total. The molecule has 0 aliphatic heterocycles. The second kappa shape index (κ2) is 6.71. The van der Waals surface area contributed by atoms with E-state index in [1.54, 1.807) is 24.3 Å². The van der Waals surface area contributed by atoms with Crippen molar-refractivity contribution in [2.45, 2.75) is 13.0 Å². The van der Waals surface area contributed by atoms with Gasteiger partial charge < -0.3 is 14.9 Å². The molecular weight excluding hydrogens is 291 g/mol. The summed E-state index contributed by atoms with van der Waals surface area (Å²) in [4.78, 5) is 21.7. The third kappa shape index (κ3) is 4.05. The number of carboxylic acids is 2. The number of aromatic carboxylic acids is 1. The fraction of sp³-hybridized carbons (Fsp3) is 0.125. The number of ether oxygens (including phenoxy) is 1. The van der Waals surface area contributed by atoms with Crippen LogP contribution in [0.15, 0.2) is 42.5 Å². The second-order valence-corrected chi connectivity index (χ2v) is 4.61. The number of hydrogen-bond acceptors (Lipinski definition) is 3. The molecule has 0 spiro atoms. The van der Waals surface area contributed by atoms with E-state index in [9.17, 15) is 14.0 Å². The standard InChI is InChI=1S/C16H13FO5/c17-12-4-5-14(16(20)21)11(8-12)9-22-13-3-1-2-10(6-13)7-15(18)19/h1-6,8H,7,9H2,(H,18,19)(H,20,21). The molecule has 2 aromatic carbocycles. The van der Waals surface area contributed by atoms with Crippen LogP contribution in [0.1, 0.15) is 21.5 Å². The van der Waals surface area contributed by atoms with Gasteiger partial charge in [0.05, 0.1) is 12.0 Å². The molecule has 0 amide bonds. The molecule has 0 aromatic heterocycles. The van der Waals surface area contributed by atoms with Crippen LogP contribution in [0.5, 0.6) is 5.75 Å². The van der Waals surface area contributed by atoms with Crippen molar-refractivity contribution >= 4 is 11.9 Å². The number of halogens is 1. The Morgan fingerprint density at radius 1 is 1.09 bits per heavy atom. The van der Waals surface area contributed by atoms with Gasteiger partial charge in [-0.2, -0.15) is 0 Å². The van der Waals surface area contributed by atoms with Gasteiger partial charge in [0.15, 0.2) is 0 Å². The van der Waals surface area contributed by atoms with Crippen molar-refractivity contribution in [3.05, 3.63) is 65.0 Å². The summed E-state index contributed by atoms with van der Waals surface area (Å²) in [5, 5.41) is 17.8. The molecule has 0 fully saturated rings. The minimum absolute atomic E-state index is 0.0388. The van der Waals surface area contributed by atoms with Crippen LogP contribution in [-0.4, -0.2) is 22.2 Å². The molecule has 0 radical (unpaired) electrons. The van der Waals surface area contributed by atoms with Gasteiger partial charge in [0, 0.05) is 5.56 Å². The Balaban J connectivity index is 2.15. The lowest BCUT2D eigenvalue weighted by Gasteiger charge is -2.10. The van der Waals surface area contributed by atoms with Gasteiger partial charge in [0.25, 0.3) is 0 Å². The van der Waals surface area contributed by atoms with Gasteiger partial charge in [-0.25, -0.2) is 9.18 Å². The molecule has 2 N–H and O–H groups in total. The SMILES string of the molecule is O=C(O)Cc1cccc(OCc2cc(F)ccc2C(=O)O)c1. The van der Waals surface area contributed by atoms with Gasteiger partial charge >= 0.3 is 11.9 Å². The van der Waals surface area contributed by atoms with Crippen molar-refractivity contribution in [1.82, 2.24) is 0 Å². The Morgan fingerprint density at radius 3 is 2.55 bits per heavy atom. The van der Waals surface area contributed by atoms with Crippen LogP contribution in [0.3, 0.4) is 0 Å². The zero-order valence-corrected chi connectivity index (χ0v) is 11.5. The first-order valence-electron chi connectivity index (χ1n) is 6.41. The Labute approximate surface area is 125 Å². The molecule has 22 heavy (non-hydrogen) atoms. The van der Waals surface area contributed by atoms with E-state index < -0.39 is 17.8 Å². The van der Waals surface area contributed by atoms with Crippen molar-refractivity contribution in [3.8, 4) is 5.75 Å². The number of hydrogen-bond donors (Lipinski definition) is 2. The maximum atomic E-state index is 13.2. The molecular formula is C16H13FO5. The fourth-order valence-electron chi connectivity index (χ4n) is 1.97. The third-order valence-electron chi connectivity index (χ3n) is 2.95. The maximum Gasteiger partial charge on any atom is 0.336 e. The average molecular weight is 304 g/mol. The van der Waals surface area contributed by atoms with Crippen LogP contribution in [0.4, 0.5) is 4.39 Å². The topological polar surface area (TPSA) is 83.8 Å². The second-order valence-electron chi connectivity index (χ2n) is 4.61. The highest BCUT2D eigenvalue weighted by Gasteiger charge is 2.12. The summed E-state index contributed by atoms with van der Waals surface area (Å²) >= 11 is 0. The summed E-state index contributed by atoms with van der Waals surface area (Å²) in [6, 6.07) is 9.80. The molecule has 0 saturated heterocycles. The monoisotopic (exact) mass is 304 g/mol. The molecule has 2 rings (SSSR count). The van der Waals surface area contributed by atoms with Crippen molar-refractivity contribution in [2.24, 2.45) is 0 Å². The van der Waals surface area contributed by atoms with Gasteiger partial charge in [-0.15, -0.1) is 0 Å². The Bertz CT molecular complexity index is 711. The lowest BCUT2D eigenvalue weighted by Crippen LogP contribution is -2.06. The molecule has 0 aliphatic rings. The van der Waals surface area contributed by atoms with Crippen LogP contribution in [0.25, 0.3) is 0 Å². The minimum Gasteiger partial charge on any atom is -0.489 e. The minimum atomic E-state index is -1.17. The molecule has 0 bridgehead atoms. The predicted octanol–water partition coefficient (Wildman–Crippen LogP) is 2.73. The van der Waals surface area contributed by atoms with E-state index in [1.807, 2.05) is 0 Å². The molecule has 0 atom stereocenters. The van der Waals surface area contributed by atoms with E-state index in [-0.39, 0.29) is 24.2 Å². The highest BCUT2D eigenvalue weighted by molar-refractivity contribution is 5.89. The van der Waals surface area contributed by atoms with E-state index in [0.29, 0.717) is 11.3 Å². The average Bonchev–Trinajstić information content (AvgIpc) is 2.44. The Hall–Kier alpha value is -2.89. The highest BCUT2D eigenvalue weighted by atomic mass is 19.1. The molecule has 0 unspecified atom stereocenters. The number of benzene rings is 2. The molecule has 114 valence electrons. The summed E-state index contributed by atoms with van der Waals surface area (Å²) in [7, 11) is 0. The summed E-state index contributed by atoms with van der Waals surface area (Å²) in [5.41, 5.74) is 0.724. The Morgan fingerprint density at radius 2 is 1.86 bits per heavy atom. The van der Waals surface area contributed by atoms with Crippen LogP contribution >= 0.6 is 0 Å². The van der Waals surface area contributed by atoms with Crippen molar-refractivity contribution < 1.29 is 28.9 Å². The summed E-state index contributed by atoms with van der Waals surface area (Å²) < 4.78 is 18.7. The lowest BCUT2D eigenvalue weighted by molar-refractivity contribution is -0.136. The normalized spacial score (nSPS) is 10.2. The van der Waals surface area contributed by atoms with Crippen molar-refractivity contribution in [3.63, 3.8) is 0 Å². The smallest absolute Gasteiger partial charge is 0.336 e. The van der Waals surface area contributed by atoms with Crippen LogP contribution in [0, 0.1) is 5.82 Å². The summed E-state index contributed by atoms with van der Waals surface area (Å²) in [6.45, 7) is -0.129. The third-order valence-corrected chi connectivity index (χ3v) is 2.95. The van der Waals surface area contributed by atoms with Crippen LogP contribution in [-0.2, 0) is 17.8 Å².